The molecule has 4 saturated carbocycles. The monoisotopic (exact) mass is 332 g/mol. The topological polar surface area (TPSA) is 41.1 Å². The van der Waals surface area contributed by atoms with Gasteiger partial charge in [-0.15, -0.1) is 0 Å². The molecule has 0 unspecified atom stereocenters. The summed E-state index contributed by atoms with van der Waals surface area (Å²) >= 11 is 5.97. The van der Waals surface area contributed by atoms with Crippen LogP contribution in [0.4, 0.5) is 10.5 Å². The molecule has 4 fully saturated rings. The normalized spacial score (nSPS) is 35.8. The molecular weight excluding hydrogens is 308 g/mol. The maximum atomic E-state index is 12.4. The largest absolute Gasteiger partial charge is 0.335 e. The quantitative estimate of drug-likeness (QED) is 0.797. The van der Waals surface area contributed by atoms with E-state index >= 15 is 0 Å². The third kappa shape index (κ3) is 2.96. The van der Waals surface area contributed by atoms with Crippen molar-refractivity contribution < 1.29 is 4.79 Å². The molecule has 1 atom stereocenters. The number of amides is 2. The van der Waals surface area contributed by atoms with E-state index in [-0.39, 0.29) is 12.1 Å². The van der Waals surface area contributed by atoms with Gasteiger partial charge in [0, 0.05) is 16.8 Å². The van der Waals surface area contributed by atoms with Gasteiger partial charge in [0.05, 0.1) is 0 Å². The van der Waals surface area contributed by atoms with Crippen molar-refractivity contribution in [2.45, 2.75) is 51.5 Å². The summed E-state index contributed by atoms with van der Waals surface area (Å²) < 4.78 is 0. The van der Waals surface area contributed by atoms with Crippen molar-refractivity contribution in [2.24, 2.45) is 23.2 Å². The first kappa shape index (κ1) is 15.3. The molecule has 1 aromatic carbocycles. The second-order valence-electron chi connectivity index (χ2n) is 8.11. The summed E-state index contributed by atoms with van der Waals surface area (Å²) in [6, 6.07) is 7.41. The Morgan fingerprint density at radius 1 is 1.17 bits per heavy atom. The van der Waals surface area contributed by atoms with Crippen molar-refractivity contribution in [3.8, 4) is 0 Å². The van der Waals surface area contributed by atoms with Crippen LogP contribution in [0.5, 0.6) is 0 Å². The van der Waals surface area contributed by atoms with E-state index < -0.39 is 0 Å². The Morgan fingerprint density at radius 2 is 1.78 bits per heavy atom. The van der Waals surface area contributed by atoms with Crippen LogP contribution in [-0.2, 0) is 0 Å². The van der Waals surface area contributed by atoms with Gasteiger partial charge in [-0.2, -0.15) is 0 Å². The summed E-state index contributed by atoms with van der Waals surface area (Å²) in [5, 5.41) is 6.76. The molecule has 0 heterocycles. The fraction of sp³-hybridized carbons (Fsp3) is 0.632. The van der Waals surface area contributed by atoms with Gasteiger partial charge in [-0.05, 0) is 86.8 Å². The first-order chi connectivity index (χ1) is 11.0. The van der Waals surface area contributed by atoms with Gasteiger partial charge >= 0.3 is 6.03 Å². The third-order valence-electron chi connectivity index (χ3n) is 6.43. The smallest absolute Gasteiger partial charge is 0.319 e. The molecule has 2 amide bonds. The number of hydrogen-bond acceptors (Lipinski definition) is 1. The van der Waals surface area contributed by atoms with Crippen molar-refractivity contribution in [3.05, 3.63) is 29.3 Å². The molecule has 124 valence electrons. The number of anilines is 1. The summed E-state index contributed by atoms with van der Waals surface area (Å²) in [4.78, 5) is 12.4. The fourth-order valence-corrected chi connectivity index (χ4v) is 5.98. The summed E-state index contributed by atoms with van der Waals surface area (Å²) in [5.41, 5.74) is 1.08. The third-order valence-corrected chi connectivity index (χ3v) is 6.67. The molecule has 2 N–H and O–H groups in total. The van der Waals surface area contributed by atoms with Crippen LogP contribution in [0.3, 0.4) is 0 Å². The highest BCUT2D eigenvalue weighted by atomic mass is 35.5. The number of benzene rings is 1. The predicted octanol–water partition coefficient (Wildman–Crippen LogP) is 5.07. The predicted molar refractivity (Wildman–Crippen MR) is 93.7 cm³/mol. The zero-order chi connectivity index (χ0) is 16.0. The molecule has 3 nitrogen and oxygen atoms in total. The second-order valence-corrected chi connectivity index (χ2v) is 8.55. The molecular formula is C19H25ClN2O. The summed E-state index contributed by atoms with van der Waals surface area (Å²) in [6.45, 7) is 2.20. The molecule has 4 aliphatic carbocycles. The van der Waals surface area contributed by atoms with E-state index in [1.807, 2.05) is 18.2 Å². The van der Waals surface area contributed by atoms with Gasteiger partial charge in [-0.25, -0.2) is 4.79 Å². The maximum Gasteiger partial charge on any atom is 0.319 e. The number of carbonyl (C=O) groups is 1. The van der Waals surface area contributed by atoms with E-state index in [0.29, 0.717) is 10.4 Å². The minimum absolute atomic E-state index is 0.115. The van der Waals surface area contributed by atoms with Gasteiger partial charge in [0.2, 0.25) is 0 Å². The van der Waals surface area contributed by atoms with Crippen molar-refractivity contribution in [1.82, 2.24) is 5.32 Å². The van der Waals surface area contributed by atoms with E-state index in [1.54, 1.807) is 6.07 Å². The maximum absolute atomic E-state index is 12.4. The van der Waals surface area contributed by atoms with Crippen molar-refractivity contribution >= 4 is 23.3 Å². The Balaban J connectivity index is 1.41. The molecule has 1 aromatic rings. The SMILES string of the molecule is C[C@@H](NC(=O)Nc1cccc(Cl)c1)C12CC3CC(CC(C3)C1)C2. The zero-order valence-electron chi connectivity index (χ0n) is 13.6. The van der Waals surface area contributed by atoms with E-state index in [0.717, 1.165) is 23.4 Å². The lowest BCUT2D eigenvalue weighted by Gasteiger charge is -2.59. The van der Waals surface area contributed by atoms with Gasteiger partial charge in [0.25, 0.3) is 0 Å². The van der Waals surface area contributed by atoms with E-state index in [2.05, 4.69) is 17.6 Å². The summed E-state index contributed by atoms with van der Waals surface area (Å²) in [5.74, 6) is 2.71. The van der Waals surface area contributed by atoms with Crippen LogP contribution in [0, 0.1) is 23.2 Å². The molecule has 0 aliphatic heterocycles. The van der Waals surface area contributed by atoms with Crippen LogP contribution < -0.4 is 10.6 Å². The molecule has 0 aromatic heterocycles. The molecule has 4 bridgehead atoms. The van der Waals surface area contributed by atoms with E-state index in [4.69, 9.17) is 11.6 Å². The lowest BCUT2D eigenvalue weighted by molar-refractivity contribution is -0.0679. The molecule has 4 heteroatoms. The molecule has 23 heavy (non-hydrogen) atoms. The van der Waals surface area contributed by atoms with Crippen molar-refractivity contribution in [1.29, 1.82) is 0 Å². The van der Waals surface area contributed by atoms with Gasteiger partial charge in [-0.3, -0.25) is 0 Å². The van der Waals surface area contributed by atoms with Gasteiger partial charge in [0.1, 0.15) is 0 Å². The average molecular weight is 333 g/mol. The highest BCUT2D eigenvalue weighted by Crippen LogP contribution is 2.61. The highest BCUT2D eigenvalue weighted by molar-refractivity contribution is 6.30. The lowest BCUT2D eigenvalue weighted by Crippen LogP contribution is -2.56. The second kappa shape index (κ2) is 5.70. The Morgan fingerprint density at radius 3 is 2.35 bits per heavy atom. The number of hydrogen-bond donors (Lipinski definition) is 2. The summed E-state index contributed by atoms with van der Waals surface area (Å²) in [6.07, 6.45) is 8.20. The lowest BCUT2D eigenvalue weighted by atomic mass is 9.48. The first-order valence-corrected chi connectivity index (χ1v) is 9.23. The van der Waals surface area contributed by atoms with E-state index in [1.165, 1.54) is 38.5 Å². The molecule has 0 saturated heterocycles. The molecule has 4 aliphatic rings. The molecule has 5 rings (SSSR count). The minimum atomic E-state index is -0.115. The minimum Gasteiger partial charge on any atom is -0.335 e. The van der Waals surface area contributed by atoms with Crippen molar-refractivity contribution in [2.75, 3.05) is 5.32 Å². The number of nitrogens with one attached hydrogen (secondary N) is 2. The Labute approximate surface area is 143 Å². The molecule has 0 spiro atoms. The number of rotatable bonds is 3. The Hall–Kier alpha value is -1.22. The number of halogens is 1. The number of urea groups is 1. The van der Waals surface area contributed by atoms with Crippen LogP contribution in [0.25, 0.3) is 0 Å². The van der Waals surface area contributed by atoms with Crippen LogP contribution in [0.1, 0.15) is 45.4 Å². The summed E-state index contributed by atoms with van der Waals surface area (Å²) in [7, 11) is 0. The number of carbonyl (C=O) groups excluding carboxylic acids is 1. The van der Waals surface area contributed by atoms with Gasteiger partial charge in [0.15, 0.2) is 0 Å². The van der Waals surface area contributed by atoms with Crippen molar-refractivity contribution in [3.63, 3.8) is 0 Å². The van der Waals surface area contributed by atoms with Crippen LogP contribution in [0.15, 0.2) is 24.3 Å². The first-order valence-electron chi connectivity index (χ1n) is 8.85. The standard InChI is InChI=1S/C19H25ClN2O/c1-12(21-18(23)22-17-4-2-3-16(20)8-17)19-9-13-5-14(10-19)7-15(6-13)11-19/h2-4,8,12-15H,5-7,9-11H2,1H3,(H2,21,22,23)/t12-,13?,14?,15?,19?/m1/s1. The fourth-order valence-electron chi connectivity index (χ4n) is 5.79. The molecule has 0 radical (unpaired) electrons. The van der Waals surface area contributed by atoms with Crippen LogP contribution in [-0.4, -0.2) is 12.1 Å². The zero-order valence-corrected chi connectivity index (χ0v) is 14.4. The Bertz CT molecular complexity index is 580. The highest BCUT2D eigenvalue weighted by Gasteiger charge is 2.53. The van der Waals surface area contributed by atoms with Gasteiger partial charge in [-0.1, -0.05) is 17.7 Å². The van der Waals surface area contributed by atoms with Crippen LogP contribution >= 0.6 is 11.6 Å². The van der Waals surface area contributed by atoms with Crippen LogP contribution in [0.2, 0.25) is 5.02 Å². The average Bonchev–Trinajstić information content (AvgIpc) is 2.45. The van der Waals surface area contributed by atoms with E-state index in [9.17, 15) is 4.79 Å². The Kier molecular flexibility index (Phi) is 3.79. The van der Waals surface area contributed by atoms with Gasteiger partial charge < -0.3 is 10.6 Å².